The largest absolute Gasteiger partial charge is 0.481 e. The molecular weight excluding hydrogens is 552 g/mol. The van der Waals surface area contributed by atoms with Gasteiger partial charge >= 0.3 is 11.9 Å². The number of nitrogens with two attached hydrogens (primary N) is 3. The Balaban J connectivity index is 2.32. The van der Waals surface area contributed by atoms with Crippen LogP contribution in [0.1, 0.15) is 38.2 Å². The van der Waals surface area contributed by atoms with E-state index in [4.69, 9.17) is 22.3 Å². The highest BCUT2D eigenvalue weighted by molar-refractivity contribution is 5.95. The molecule has 5 unspecified atom stereocenters. The van der Waals surface area contributed by atoms with Crippen LogP contribution in [0.25, 0.3) is 10.9 Å². The van der Waals surface area contributed by atoms with Crippen molar-refractivity contribution in [2.75, 3.05) is 6.54 Å². The monoisotopic (exact) mass is 590 g/mol. The SMILES string of the molecule is CC(O)C(N)C(=O)NC(Cc1c[nH]c2ccccc12)C(=O)NC(CCCN=C(N)N)C(=O)NC(CCC(=O)O)C(=O)O. The summed E-state index contributed by atoms with van der Waals surface area (Å²) in [5, 5.41) is 36.3. The number of aliphatic imine (C=N–C) groups is 1. The molecular formula is C26H38N8O8. The standard InChI is InChI=1S/C26H38N8O8/c1-13(35)21(27)24(40)34-19(11-14-12-31-16-6-3-2-5-15(14)16)23(39)32-17(7-4-10-30-26(28)29)22(38)33-18(25(41)42)8-9-20(36)37/h2-3,5-6,12-13,17-19,21,31,35H,4,7-11,27H2,1H3,(H,32,39)(H,33,38)(H,34,40)(H,36,37)(H,41,42)(H4,28,29,30). The van der Waals surface area contributed by atoms with Crippen LogP contribution in [0.2, 0.25) is 0 Å². The van der Waals surface area contributed by atoms with Crippen LogP contribution in [-0.2, 0) is 30.4 Å². The van der Waals surface area contributed by atoms with Gasteiger partial charge < -0.3 is 53.5 Å². The maximum atomic E-state index is 13.5. The molecule has 0 bridgehead atoms. The van der Waals surface area contributed by atoms with Crippen LogP contribution < -0.4 is 33.2 Å². The van der Waals surface area contributed by atoms with Crippen molar-refractivity contribution in [3.63, 3.8) is 0 Å². The minimum absolute atomic E-state index is 0.0210. The van der Waals surface area contributed by atoms with Gasteiger partial charge in [-0.1, -0.05) is 18.2 Å². The van der Waals surface area contributed by atoms with E-state index in [0.29, 0.717) is 5.56 Å². The zero-order chi connectivity index (χ0) is 31.4. The van der Waals surface area contributed by atoms with E-state index >= 15 is 0 Å². The van der Waals surface area contributed by atoms with Crippen LogP contribution in [0, 0.1) is 0 Å². The van der Waals surface area contributed by atoms with Crippen molar-refractivity contribution in [1.29, 1.82) is 0 Å². The number of carboxylic acids is 2. The van der Waals surface area contributed by atoms with E-state index in [-0.39, 0.29) is 38.2 Å². The Morgan fingerprint density at radius 1 is 0.929 bits per heavy atom. The van der Waals surface area contributed by atoms with Gasteiger partial charge in [-0.15, -0.1) is 0 Å². The maximum absolute atomic E-state index is 13.5. The molecule has 1 aromatic carbocycles. The van der Waals surface area contributed by atoms with E-state index < -0.39 is 66.4 Å². The number of nitrogens with one attached hydrogen (secondary N) is 4. The molecule has 230 valence electrons. The smallest absolute Gasteiger partial charge is 0.326 e. The number of rotatable bonds is 17. The van der Waals surface area contributed by atoms with E-state index in [2.05, 4.69) is 25.9 Å². The molecule has 0 saturated heterocycles. The number of carbonyl (C=O) groups is 5. The second kappa shape index (κ2) is 15.9. The summed E-state index contributed by atoms with van der Waals surface area (Å²) < 4.78 is 0. The first-order valence-corrected chi connectivity index (χ1v) is 13.2. The molecule has 0 aliphatic rings. The summed E-state index contributed by atoms with van der Waals surface area (Å²) in [6.45, 7) is 1.42. The normalized spacial score (nSPS) is 14.5. The number of guanidine groups is 1. The number of carbonyl (C=O) groups excluding carboxylic acids is 3. The zero-order valence-electron chi connectivity index (χ0n) is 23.1. The second-order valence-corrected chi connectivity index (χ2v) is 9.73. The molecule has 0 aliphatic heterocycles. The van der Waals surface area contributed by atoms with E-state index in [0.717, 1.165) is 10.9 Å². The van der Waals surface area contributed by atoms with Gasteiger partial charge in [0.25, 0.3) is 0 Å². The summed E-state index contributed by atoms with van der Waals surface area (Å²) in [7, 11) is 0. The number of aliphatic carboxylic acids is 2. The second-order valence-electron chi connectivity index (χ2n) is 9.73. The van der Waals surface area contributed by atoms with Gasteiger partial charge in [0, 0.05) is 36.5 Å². The molecule has 13 N–H and O–H groups in total. The molecule has 3 amide bonds. The van der Waals surface area contributed by atoms with Crippen LogP contribution in [0.5, 0.6) is 0 Å². The molecule has 42 heavy (non-hydrogen) atoms. The number of benzene rings is 1. The van der Waals surface area contributed by atoms with Crippen LogP contribution in [0.15, 0.2) is 35.5 Å². The third-order valence-corrected chi connectivity index (χ3v) is 6.39. The molecule has 0 aliphatic carbocycles. The molecule has 16 heteroatoms. The van der Waals surface area contributed by atoms with Gasteiger partial charge in [-0.25, -0.2) is 4.79 Å². The quantitative estimate of drug-likeness (QED) is 0.0539. The Hall–Kier alpha value is -4.70. The van der Waals surface area contributed by atoms with Crippen LogP contribution in [-0.4, -0.2) is 92.7 Å². The lowest BCUT2D eigenvalue weighted by atomic mass is 10.0. The van der Waals surface area contributed by atoms with Gasteiger partial charge in [0.1, 0.15) is 24.2 Å². The third-order valence-electron chi connectivity index (χ3n) is 6.39. The first kappa shape index (κ1) is 33.5. The van der Waals surface area contributed by atoms with Gasteiger partial charge in [-0.05, 0) is 37.8 Å². The molecule has 1 heterocycles. The highest BCUT2D eigenvalue weighted by Gasteiger charge is 2.31. The summed E-state index contributed by atoms with van der Waals surface area (Å²) in [5.41, 5.74) is 17.9. The minimum atomic E-state index is -1.53. The lowest BCUT2D eigenvalue weighted by molar-refractivity contribution is -0.143. The molecule has 5 atom stereocenters. The first-order chi connectivity index (χ1) is 19.8. The molecule has 2 rings (SSSR count). The average molecular weight is 591 g/mol. The number of hydrogen-bond acceptors (Lipinski definition) is 8. The molecule has 0 radical (unpaired) electrons. The fourth-order valence-electron chi connectivity index (χ4n) is 4.06. The highest BCUT2D eigenvalue weighted by atomic mass is 16.4. The van der Waals surface area contributed by atoms with Crippen molar-refractivity contribution in [2.24, 2.45) is 22.2 Å². The molecule has 0 fully saturated rings. The number of aliphatic hydroxyl groups is 1. The fourth-order valence-corrected chi connectivity index (χ4v) is 4.06. The molecule has 2 aromatic rings. The Bertz CT molecular complexity index is 1290. The summed E-state index contributed by atoms with van der Waals surface area (Å²) >= 11 is 0. The average Bonchev–Trinajstić information content (AvgIpc) is 3.33. The van der Waals surface area contributed by atoms with Crippen molar-refractivity contribution >= 4 is 46.5 Å². The minimum Gasteiger partial charge on any atom is -0.481 e. The number of aromatic amines is 1. The van der Waals surface area contributed by atoms with E-state index in [1.807, 2.05) is 18.2 Å². The number of fused-ring (bicyclic) bond motifs is 1. The van der Waals surface area contributed by atoms with Crippen molar-refractivity contribution in [3.05, 3.63) is 36.0 Å². The number of amides is 3. The number of aromatic nitrogens is 1. The summed E-state index contributed by atoms with van der Waals surface area (Å²) in [4.78, 5) is 68.9. The summed E-state index contributed by atoms with van der Waals surface area (Å²) in [6.07, 6.45) is -0.286. The van der Waals surface area contributed by atoms with Crippen LogP contribution in [0.3, 0.4) is 0 Å². The Morgan fingerprint density at radius 3 is 2.17 bits per heavy atom. The first-order valence-electron chi connectivity index (χ1n) is 13.2. The Morgan fingerprint density at radius 2 is 1.55 bits per heavy atom. The van der Waals surface area contributed by atoms with E-state index in [1.54, 1.807) is 12.3 Å². The molecule has 16 nitrogen and oxygen atoms in total. The lowest BCUT2D eigenvalue weighted by Gasteiger charge is -2.25. The zero-order valence-corrected chi connectivity index (χ0v) is 23.1. The lowest BCUT2D eigenvalue weighted by Crippen LogP contribution is -2.58. The highest BCUT2D eigenvalue weighted by Crippen LogP contribution is 2.19. The topological polar surface area (TPSA) is 288 Å². The number of aliphatic hydroxyl groups excluding tert-OH is 1. The van der Waals surface area contributed by atoms with Gasteiger partial charge in [0.2, 0.25) is 17.7 Å². The fraction of sp³-hybridized carbons (Fsp3) is 0.462. The van der Waals surface area contributed by atoms with Gasteiger partial charge in [-0.3, -0.25) is 24.2 Å². The Labute approximate surface area is 241 Å². The van der Waals surface area contributed by atoms with Crippen LogP contribution >= 0.6 is 0 Å². The number of para-hydroxylation sites is 1. The van der Waals surface area contributed by atoms with Crippen molar-refractivity contribution in [2.45, 2.75) is 69.3 Å². The van der Waals surface area contributed by atoms with E-state index in [1.165, 1.54) is 6.92 Å². The van der Waals surface area contributed by atoms with Crippen molar-refractivity contribution in [1.82, 2.24) is 20.9 Å². The number of hydrogen-bond donors (Lipinski definition) is 10. The number of H-pyrrole nitrogens is 1. The van der Waals surface area contributed by atoms with E-state index in [9.17, 15) is 34.2 Å². The predicted molar refractivity (Wildman–Crippen MR) is 152 cm³/mol. The molecule has 0 spiro atoms. The molecule has 1 aromatic heterocycles. The van der Waals surface area contributed by atoms with Gasteiger partial charge in [0.05, 0.1) is 6.10 Å². The predicted octanol–water partition coefficient (Wildman–Crippen LogP) is -2.12. The summed E-state index contributed by atoms with van der Waals surface area (Å²) in [5.74, 6) is -5.36. The summed E-state index contributed by atoms with van der Waals surface area (Å²) in [6, 6.07) is 1.85. The van der Waals surface area contributed by atoms with Gasteiger partial charge in [-0.2, -0.15) is 0 Å². The maximum Gasteiger partial charge on any atom is 0.326 e. The van der Waals surface area contributed by atoms with Crippen molar-refractivity contribution in [3.8, 4) is 0 Å². The van der Waals surface area contributed by atoms with Gasteiger partial charge in [0.15, 0.2) is 5.96 Å². The number of nitrogens with zero attached hydrogens (tertiary/aromatic N) is 1. The molecule has 0 saturated carbocycles. The Kier molecular flexibility index (Phi) is 12.7. The number of carboxylic acid groups (broad SMARTS) is 2. The van der Waals surface area contributed by atoms with Crippen molar-refractivity contribution < 1.29 is 39.3 Å². The van der Waals surface area contributed by atoms with Crippen LogP contribution in [0.4, 0.5) is 0 Å². The third kappa shape index (κ3) is 10.4.